The van der Waals surface area contributed by atoms with Crippen molar-refractivity contribution < 1.29 is 0 Å². The van der Waals surface area contributed by atoms with Crippen molar-refractivity contribution in [3.05, 3.63) is 48.3 Å². The van der Waals surface area contributed by atoms with Crippen molar-refractivity contribution in [1.82, 2.24) is 9.80 Å². The van der Waals surface area contributed by atoms with Gasteiger partial charge in [0.15, 0.2) is 0 Å². The average Bonchev–Trinajstić information content (AvgIpc) is 3.27. The Morgan fingerprint density at radius 1 is 0.472 bits per heavy atom. The average molecular weight is 497 g/mol. The summed E-state index contributed by atoms with van der Waals surface area (Å²) in [6.45, 7) is 7.02. The number of benzene rings is 1. The molecule has 0 amide bonds. The molecule has 0 aliphatic carbocycles. The molecule has 1 aliphatic heterocycles. The second kappa shape index (κ2) is 21.6. The van der Waals surface area contributed by atoms with Crippen molar-refractivity contribution in [3.63, 3.8) is 0 Å². The highest BCUT2D eigenvalue weighted by Gasteiger charge is 2.25. The maximum Gasteiger partial charge on any atom is 0.105 e. The Labute approximate surface area is 225 Å². The van der Waals surface area contributed by atoms with Gasteiger partial charge in [-0.3, -0.25) is 0 Å². The van der Waals surface area contributed by atoms with Crippen molar-refractivity contribution in [1.29, 1.82) is 0 Å². The van der Waals surface area contributed by atoms with Crippen LogP contribution in [-0.4, -0.2) is 29.1 Å². The molecule has 0 aromatic heterocycles. The van der Waals surface area contributed by atoms with E-state index < -0.39 is 0 Å². The van der Waals surface area contributed by atoms with Gasteiger partial charge in [-0.05, 0) is 18.4 Å². The minimum atomic E-state index is 0.504. The van der Waals surface area contributed by atoms with Crippen LogP contribution >= 0.6 is 0 Å². The Kier molecular flexibility index (Phi) is 18.5. The molecule has 0 unspecified atom stereocenters. The second-order valence-electron chi connectivity index (χ2n) is 11.3. The van der Waals surface area contributed by atoms with E-state index in [-0.39, 0.29) is 0 Å². The third-order valence-corrected chi connectivity index (χ3v) is 8.02. The van der Waals surface area contributed by atoms with Crippen molar-refractivity contribution >= 4 is 0 Å². The van der Waals surface area contributed by atoms with Crippen LogP contribution in [0.5, 0.6) is 0 Å². The van der Waals surface area contributed by atoms with E-state index in [0.717, 1.165) is 6.42 Å². The van der Waals surface area contributed by atoms with E-state index in [4.69, 9.17) is 0 Å². The van der Waals surface area contributed by atoms with Crippen molar-refractivity contribution in [2.24, 2.45) is 0 Å². The van der Waals surface area contributed by atoms with Crippen LogP contribution in [0, 0.1) is 0 Å². The predicted octanol–water partition coefficient (Wildman–Crippen LogP) is 10.5. The van der Waals surface area contributed by atoms with E-state index in [0.29, 0.717) is 6.17 Å². The van der Waals surface area contributed by atoms with Crippen LogP contribution in [0.4, 0.5) is 0 Å². The van der Waals surface area contributed by atoms with Crippen molar-refractivity contribution in [3.8, 4) is 0 Å². The molecule has 206 valence electrons. The van der Waals surface area contributed by atoms with Gasteiger partial charge < -0.3 is 9.80 Å². The van der Waals surface area contributed by atoms with Crippen LogP contribution in [0.15, 0.2) is 42.7 Å². The van der Waals surface area contributed by atoms with Crippen LogP contribution in [0.2, 0.25) is 0 Å². The second-order valence-corrected chi connectivity index (χ2v) is 11.3. The first kappa shape index (κ1) is 30.8. The normalized spacial score (nSPS) is 13.8. The maximum atomic E-state index is 2.63. The molecular formula is C34H60N2. The van der Waals surface area contributed by atoms with E-state index >= 15 is 0 Å². The van der Waals surface area contributed by atoms with Gasteiger partial charge in [0.05, 0.1) is 0 Å². The molecule has 1 aliphatic rings. The van der Waals surface area contributed by atoms with Crippen molar-refractivity contribution in [2.75, 3.05) is 13.1 Å². The number of hydrogen-bond acceptors (Lipinski definition) is 2. The highest BCUT2D eigenvalue weighted by Crippen LogP contribution is 2.22. The molecular weight excluding hydrogens is 436 g/mol. The number of unbranched alkanes of at least 4 members (excludes halogenated alkanes) is 18. The molecule has 0 saturated carbocycles. The molecule has 0 radical (unpaired) electrons. The molecule has 36 heavy (non-hydrogen) atoms. The van der Waals surface area contributed by atoms with E-state index in [1.54, 1.807) is 0 Å². The lowest BCUT2D eigenvalue weighted by atomic mass is 10.1. The summed E-state index contributed by atoms with van der Waals surface area (Å²) in [5, 5.41) is 0. The molecule has 2 heteroatoms. The lowest BCUT2D eigenvalue weighted by Gasteiger charge is -2.33. The number of nitrogens with zero attached hydrogens (tertiary/aromatic N) is 2. The predicted molar refractivity (Wildman–Crippen MR) is 160 cm³/mol. The van der Waals surface area contributed by atoms with Crippen LogP contribution in [-0.2, 0) is 6.42 Å². The fourth-order valence-electron chi connectivity index (χ4n) is 5.63. The standard InChI is InChI=1S/C34H60N2/c1-3-5-7-9-11-13-15-17-19-24-28-35-30-31-36(34(35)32-33-26-22-21-23-27-33)29-25-20-18-16-14-12-10-8-6-4-2/h21-23,26-27,30-31,34H,3-20,24-25,28-29,32H2,1-2H3. The molecule has 0 spiro atoms. The molecule has 1 aromatic carbocycles. The summed E-state index contributed by atoms with van der Waals surface area (Å²) in [4.78, 5) is 5.27. The molecule has 0 N–H and O–H groups in total. The monoisotopic (exact) mass is 496 g/mol. The smallest absolute Gasteiger partial charge is 0.105 e. The van der Waals surface area contributed by atoms with Crippen LogP contribution in [0.25, 0.3) is 0 Å². The zero-order valence-corrected chi connectivity index (χ0v) is 24.3. The summed E-state index contributed by atoms with van der Waals surface area (Å²) in [6, 6.07) is 11.1. The van der Waals surface area contributed by atoms with Gasteiger partial charge in [-0.15, -0.1) is 0 Å². The summed E-state index contributed by atoms with van der Waals surface area (Å²) < 4.78 is 0. The first-order valence-corrected chi connectivity index (χ1v) is 16.1. The van der Waals surface area contributed by atoms with Gasteiger partial charge in [0.25, 0.3) is 0 Å². The molecule has 0 atom stereocenters. The lowest BCUT2D eigenvalue weighted by molar-refractivity contribution is 0.148. The first-order valence-electron chi connectivity index (χ1n) is 16.1. The summed E-state index contributed by atoms with van der Waals surface area (Å²) in [5.74, 6) is 0. The maximum absolute atomic E-state index is 2.63. The summed E-state index contributed by atoms with van der Waals surface area (Å²) in [7, 11) is 0. The summed E-state index contributed by atoms with van der Waals surface area (Å²) >= 11 is 0. The fraction of sp³-hybridized carbons (Fsp3) is 0.765. The molecule has 1 aromatic rings. The van der Waals surface area contributed by atoms with Crippen LogP contribution < -0.4 is 0 Å². The third kappa shape index (κ3) is 14.3. The van der Waals surface area contributed by atoms with E-state index in [2.05, 4.69) is 66.4 Å². The topological polar surface area (TPSA) is 6.48 Å². The SMILES string of the molecule is CCCCCCCCCCCCN1C=CN(CCCCCCCCCCCC)C1Cc1ccccc1. The molecule has 0 fully saturated rings. The molecule has 0 saturated heterocycles. The Morgan fingerprint density at radius 3 is 1.22 bits per heavy atom. The Morgan fingerprint density at radius 2 is 0.833 bits per heavy atom. The van der Waals surface area contributed by atoms with Crippen LogP contribution in [0.1, 0.15) is 148 Å². The highest BCUT2D eigenvalue weighted by atomic mass is 15.4. The fourth-order valence-corrected chi connectivity index (χ4v) is 5.63. The van der Waals surface area contributed by atoms with Gasteiger partial charge in [0, 0.05) is 31.9 Å². The largest absolute Gasteiger partial charge is 0.356 e. The zero-order valence-electron chi connectivity index (χ0n) is 24.3. The quantitative estimate of drug-likeness (QED) is 0.131. The Balaban J connectivity index is 1.63. The molecule has 0 bridgehead atoms. The van der Waals surface area contributed by atoms with Gasteiger partial charge in [-0.2, -0.15) is 0 Å². The minimum Gasteiger partial charge on any atom is -0.356 e. The highest BCUT2D eigenvalue weighted by molar-refractivity contribution is 5.17. The summed E-state index contributed by atoms with van der Waals surface area (Å²) in [5.41, 5.74) is 1.47. The summed E-state index contributed by atoms with van der Waals surface area (Å²) in [6.07, 6.45) is 34.6. The number of hydrogen-bond donors (Lipinski definition) is 0. The van der Waals surface area contributed by atoms with Gasteiger partial charge >= 0.3 is 0 Å². The van der Waals surface area contributed by atoms with Gasteiger partial charge in [-0.1, -0.05) is 160 Å². The first-order chi connectivity index (χ1) is 17.8. The van der Waals surface area contributed by atoms with E-state index in [1.165, 1.54) is 147 Å². The molecule has 2 nitrogen and oxygen atoms in total. The Hall–Kier alpha value is -1.44. The molecule has 1 heterocycles. The Bertz CT molecular complexity index is 591. The van der Waals surface area contributed by atoms with Gasteiger partial charge in [0.2, 0.25) is 0 Å². The minimum absolute atomic E-state index is 0.504. The van der Waals surface area contributed by atoms with Gasteiger partial charge in [-0.25, -0.2) is 0 Å². The molecule has 2 rings (SSSR count). The van der Waals surface area contributed by atoms with E-state index in [9.17, 15) is 0 Å². The lowest BCUT2D eigenvalue weighted by Crippen LogP contribution is -2.41. The van der Waals surface area contributed by atoms with E-state index in [1.807, 2.05) is 0 Å². The van der Waals surface area contributed by atoms with Crippen LogP contribution in [0.3, 0.4) is 0 Å². The third-order valence-electron chi connectivity index (χ3n) is 8.02. The van der Waals surface area contributed by atoms with Crippen molar-refractivity contribution in [2.45, 2.75) is 155 Å². The number of rotatable bonds is 24. The van der Waals surface area contributed by atoms with Gasteiger partial charge in [0.1, 0.15) is 6.17 Å². The zero-order chi connectivity index (χ0) is 25.5.